The van der Waals surface area contributed by atoms with Gasteiger partial charge >= 0.3 is 0 Å². The number of aromatic nitrogens is 6. The van der Waals surface area contributed by atoms with E-state index >= 15 is 0 Å². The van der Waals surface area contributed by atoms with Crippen LogP contribution in [0.3, 0.4) is 0 Å². The monoisotopic (exact) mass is 385 g/mol. The van der Waals surface area contributed by atoms with Gasteiger partial charge in [0.2, 0.25) is 16.2 Å². The van der Waals surface area contributed by atoms with Gasteiger partial charge in [0.1, 0.15) is 10.5 Å². The van der Waals surface area contributed by atoms with Crippen LogP contribution in [0.25, 0.3) is 22.1 Å². The molecule has 4 aromatic rings. The Morgan fingerprint density at radius 2 is 2.12 bits per heavy atom. The molecule has 0 atom stereocenters. The lowest BCUT2D eigenvalue weighted by atomic mass is 10.2. The number of anilines is 1. The molecule has 1 aromatic carbocycles. The molecular formula is C16H15N7OS2. The molecule has 0 saturated heterocycles. The zero-order chi connectivity index (χ0) is 17.9. The molecule has 0 spiro atoms. The fourth-order valence-corrected chi connectivity index (χ4v) is 3.92. The fraction of sp³-hybridized carbons (Fsp3) is 0.250. The first-order valence-corrected chi connectivity index (χ1v) is 9.89. The van der Waals surface area contributed by atoms with Gasteiger partial charge in [-0.2, -0.15) is 0 Å². The number of aryl methyl sites for hydroxylation is 1. The molecule has 2 N–H and O–H groups in total. The number of carbonyl (C=O) groups excluding carboxylic acids is 1. The predicted octanol–water partition coefficient (Wildman–Crippen LogP) is 3.04. The Hall–Kier alpha value is -2.59. The van der Waals surface area contributed by atoms with Crippen LogP contribution in [0, 0.1) is 0 Å². The van der Waals surface area contributed by atoms with Crippen LogP contribution in [-0.2, 0) is 11.2 Å². The van der Waals surface area contributed by atoms with Crippen molar-refractivity contribution in [2.45, 2.75) is 24.9 Å². The van der Waals surface area contributed by atoms with E-state index < -0.39 is 0 Å². The van der Waals surface area contributed by atoms with Crippen molar-refractivity contribution in [3.63, 3.8) is 0 Å². The van der Waals surface area contributed by atoms with Crippen LogP contribution in [0.5, 0.6) is 0 Å². The highest BCUT2D eigenvalue weighted by molar-refractivity contribution is 7.99. The minimum absolute atomic E-state index is 0.172. The van der Waals surface area contributed by atoms with E-state index in [-0.39, 0.29) is 11.7 Å². The second-order valence-corrected chi connectivity index (χ2v) is 7.55. The van der Waals surface area contributed by atoms with E-state index in [1.54, 1.807) is 0 Å². The highest BCUT2D eigenvalue weighted by Crippen LogP contribution is 2.23. The van der Waals surface area contributed by atoms with Crippen molar-refractivity contribution in [1.29, 1.82) is 0 Å². The van der Waals surface area contributed by atoms with E-state index in [4.69, 9.17) is 0 Å². The third-order valence-corrected chi connectivity index (χ3v) is 5.35. The summed E-state index contributed by atoms with van der Waals surface area (Å²) in [4.78, 5) is 19.7. The Bertz CT molecular complexity index is 1070. The molecule has 0 aliphatic rings. The number of amides is 1. The first-order valence-electron chi connectivity index (χ1n) is 8.09. The molecular weight excluding hydrogens is 370 g/mol. The normalized spacial score (nSPS) is 11.3. The van der Waals surface area contributed by atoms with Crippen LogP contribution < -0.4 is 5.32 Å². The number of para-hydroxylation sites is 1. The molecule has 3 heterocycles. The zero-order valence-corrected chi connectivity index (χ0v) is 15.5. The second kappa shape index (κ2) is 7.34. The van der Waals surface area contributed by atoms with Gasteiger partial charge in [0.05, 0.1) is 5.75 Å². The van der Waals surface area contributed by atoms with Crippen molar-refractivity contribution in [2.24, 2.45) is 0 Å². The summed E-state index contributed by atoms with van der Waals surface area (Å²) in [5.74, 6) is 0.00497. The summed E-state index contributed by atoms with van der Waals surface area (Å²) in [5, 5.41) is 22.0. The number of rotatable bonds is 6. The van der Waals surface area contributed by atoms with Crippen LogP contribution >= 0.6 is 23.1 Å². The highest BCUT2D eigenvalue weighted by Gasteiger charge is 2.12. The summed E-state index contributed by atoms with van der Waals surface area (Å²) in [7, 11) is 0. The van der Waals surface area contributed by atoms with Crippen molar-refractivity contribution in [3.8, 4) is 0 Å². The van der Waals surface area contributed by atoms with Gasteiger partial charge in [0.25, 0.3) is 0 Å². The molecule has 26 heavy (non-hydrogen) atoms. The molecule has 0 aliphatic heterocycles. The van der Waals surface area contributed by atoms with Crippen LogP contribution in [0.2, 0.25) is 0 Å². The fourth-order valence-electron chi connectivity index (χ4n) is 2.47. The molecule has 8 nitrogen and oxygen atoms in total. The van der Waals surface area contributed by atoms with Crippen molar-refractivity contribution >= 4 is 56.2 Å². The van der Waals surface area contributed by atoms with Gasteiger partial charge in [-0.1, -0.05) is 48.2 Å². The largest absolute Gasteiger partial charge is 0.338 e. The number of hydrogen-bond acceptors (Lipinski definition) is 8. The van der Waals surface area contributed by atoms with Gasteiger partial charge in [0.15, 0.2) is 5.65 Å². The number of fused-ring (bicyclic) bond motifs is 3. The number of H-pyrrole nitrogens is 1. The quantitative estimate of drug-likeness (QED) is 0.491. The number of aromatic amines is 1. The number of carbonyl (C=O) groups is 1. The zero-order valence-electron chi connectivity index (χ0n) is 13.9. The van der Waals surface area contributed by atoms with E-state index in [0.29, 0.717) is 15.9 Å². The molecule has 1 amide bonds. The topological polar surface area (TPSA) is 109 Å². The summed E-state index contributed by atoms with van der Waals surface area (Å²) >= 11 is 2.63. The molecule has 132 valence electrons. The Labute approximate surface area is 156 Å². The molecule has 3 aromatic heterocycles. The van der Waals surface area contributed by atoms with Crippen LogP contribution in [0.4, 0.5) is 5.13 Å². The Kier molecular flexibility index (Phi) is 4.76. The average Bonchev–Trinajstić information content (AvgIpc) is 3.23. The first-order chi connectivity index (χ1) is 12.7. The summed E-state index contributed by atoms with van der Waals surface area (Å²) in [5.41, 5.74) is 2.35. The van der Waals surface area contributed by atoms with E-state index in [1.807, 2.05) is 24.3 Å². The molecule has 10 heteroatoms. The Morgan fingerprint density at radius 1 is 1.23 bits per heavy atom. The molecule has 0 radical (unpaired) electrons. The molecule has 0 bridgehead atoms. The van der Waals surface area contributed by atoms with Gasteiger partial charge in [-0.15, -0.1) is 20.4 Å². The van der Waals surface area contributed by atoms with Crippen LogP contribution in [0.1, 0.15) is 18.4 Å². The van der Waals surface area contributed by atoms with Crippen LogP contribution in [-0.4, -0.2) is 42.0 Å². The predicted molar refractivity (Wildman–Crippen MR) is 102 cm³/mol. The number of nitrogens with one attached hydrogen (secondary N) is 2. The molecule has 0 aliphatic carbocycles. The summed E-state index contributed by atoms with van der Waals surface area (Å²) < 4.78 is 0. The molecule has 0 saturated carbocycles. The standard InChI is InChI=1S/C16H15N7OS2/c1-2-5-12-20-23-16(26-12)18-11(24)8-25-15-19-14-13(21-22-15)9-6-3-4-7-10(9)17-14/h3-4,6-7H,2,5,8H2,1H3,(H,17,19,22)(H,18,23,24). The van der Waals surface area contributed by atoms with Gasteiger partial charge < -0.3 is 4.98 Å². The Morgan fingerprint density at radius 3 is 3.00 bits per heavy atom. The van der Waals surface area contributed by atoms with Crippen molar-refractivity contribution in [2.75, 3.05) is 11.1 Å². The van der Waals surface area contributed by atoms with Crippen LogP contribution in [0.15, 0.2) is 29.4 Å². The van der Waals surface area contributed by atoms with Gasteiger partial charge in [-0.05, 0) is 12.5 Å². The van der Waals surface area contributed by atoms with E-state index in [1.165, 1.54) is 23.1 Å². The van der Waals surface area contributed by atoms with E-state index in [9.17, 15) is 4.79 Å². The minimum Gasteiger partial charge on any atom is -0.338 e. The van der Waals surface area contributed by atoms with Crippen molar-refractivity contribution in [1.82, 2.24) is 30.4 Å². The smallest absolute Gasteiger partial charge is 0.236 e. The molecule has 0 unspecified atom stereocenters. The maximum Gasteiger partial charge on any atom is 0.236 e. The number of hydrogen-bond donors (Lipinski definition) is 2. The molecule has 0 fully saturated rings. The SMILES string of the molecule is CCCc1nnc(NC(=O)CSc2nnc3c(n2)[nH]c2ccccc23)s1. The first kappa shape index (κ1) is 16.9. The second-order valence-electron chi connectivity index (χ2n) is 5.55. The van der Waals surface area contributed by atoms with E-state index in [0.717, 1.165) is 34.3 Å². The highest BCUT2D eigenvalue weighted by atomic mass is 32.2. The third-order valence-electron chi connectivity index (χ3n) is 3.61. The lowest BCUT2D eigenvalue weighted by Crippen LogP contribution is -2.14. The van der Waals surface area contributed by atoms with Gasteiger partial charge in [-0.25, -0.2) is 4.98 Å². The number of nitrogens with zero attached hydrogens (tertiary/aromatic N) is 5. The van der Waals surface area contributed by atoms with Crippen molar-refractivity contribution < 1.29 is 4.79 Å². The number of benzene rings is 1. The van der Waals surface area contributed by atoms with E-state index in [2.05, 4.69) is 42.6 Å². The lowest BCUT2D eigenvalue weighted by Gasteiger charge is -2.00. The maximum absolute atomic E-state index is 12.1. The van der Waals surface area contributed by atoms with Gasteiger partial charge in [0, 0.05) is 17.3 Å². The van der Waals surface area contributed by atoms with Gasteiger partial charge in [-0.3, -0.25) is 10.1 Å². The molecule has 4 rings (SSSR count). The summed E-state index contributed by atoms with van der Waals surface area (Å²) in [6, 6.07) is 7.84. The summed E-state index contributed by atoms with van der Waals surface area (Å²) in [6.45, 7) is 2.08. The average molecular weight is 385 g/mol. The number of thioether (sulfide) groups is 1. The maximum atomic E-state index is 12.1. The minimum atomic E-state index is -0.172. The Balaban J connectivity index is 1.42. The van der Waals surface area contributed by atoms with Crippen molar-refractivity contribution in [3.05, 3.63) is 29.3 Å². The summed E-state index contributed by atoms with van der Waals surface area (Å²) in [6.07, 6.45) is 1.87. The lowest BCUT2D eigenvalue weighted by molar-refractivity contribution is -0.113. The third kappa shape index (κ3) is 3.51.